The summed E-state index contributed by atoms with van der Waals surface area (Å²) in [7, 11) is 0. The Hall–Kier alpha value is -7.80. The first kappa shape index (κ1) is 69.7. The van der Waals surface area contributed by atoms with Crippen LogP contribution >= 0.6 is 0 Å². The van der Waals surface area contributed by atoms with E-state index in [2.05, 4.69) is 260 Å². The van der Waals surface area contributed by atoms with Crippen molar-refractivity contribution in [2.45, 2.75) is 250 Å². The fraction of sp³-hybridized carbons (Fsp3) is 0.394. The Labute approximate surface area is 598 Å². The first-order valence-corrected chi connectivity index (χ1v) is 40.0. The monoisotopic (exact) mass is 1300 g/mol. The van der Waals surface area contributed by atoms with Gasteiger partial charge in [-0.25, -0.2) is 0 Å². The van der Waals surface area contributed by atoms with Gasteiger partial charge in [0.05, 0.1) is 0 Å². The summed E-state index contributed by atoms with van der Waals surface area (Å²) in [5, 5.41) is 0. The summed E-state index contributed by atoms with van der Waals surface area (Å²) in [6, 6.07) is 86.9. The first-order valence-electron chi connectivity index (χ1n) is 40.0. The largest absolute Gasteiger partial charge is 0.0654 e. The van der Waals surface area contributed by atoms with Gasteiger partial charge in [-0.15, -0.1) is 0 Å². The lowest BCUT2D eigenvalue weighted by molar-refractivity contribution is 0.401. The Morgan fingerprint density at radius 3 is 0.576 bits per heavy atom. The van der Waals surface area contributed by atoms with Gasteiger partial charge in [0.25, 0.3) is 0 Å². The van der Waals surface area contributed by atoms with Crippen LogP contribution in [0.5, 0.6) is 0 Å². The van der Waals surface area contributed by atoms with Crippen LogP contribution in [0.4, 0.5) is 0 Å². The van der Waals surface area contributed by atoms with Gasteiger partial charge in [-0.05, 0) is 208 Å². The van der Waals surface area contributed by atoms with Crippen molar-refractivity contribution in [2.75, 3.05) is 0 Å². The van der Waals surface area contributed by atoms with Gasteiger partial charge in [-0.3, -0.25) is 0 Å². The van der Waals surface area contributed by atoms with Gasteiger partial charge in [0.1, 0.15) is 0 Å². The summed E-state index contributed by atoms with van der Waals surface area (Å²) in [5.74, 6) is 0. The maximum absolute atomic E-state index is 2.61. The van der Waals surface area contributed by atoms with E-state index < -0.39 is 0 Å². The molecule has 0 N–H and O–H groups in total. The smallest absolute Gasteiger partial charge is 0.0215 e. The minimum atomic E-state index is 0.0536. The number of unbranched alkanes of at least 4 members (excludes halogenated alkanes) is 18. The van der Waals surface area contributed by atoms with Crippen LogP contribution < -0.4 is 0 Å². The molecule has 0 heterocycles. The van der Waals surface area contributed by atoms with Gasteiger partial charge in [0.2, 0.25) is 0 Å². The van der Waals surface area contributed by atoms with Crippen molar-refractivity contribution in [3.63, 3.8) is 0 Å². The van der Waals surface area contributed by atoms with Gasteiger partial charge in [-0.2, -0.15) is 0 Å². The van der Waals surface area contributed by atoms with Crippen LogP contribution in [0.1, 0.15) is 268 Å². The number of benzene rings is 10. The van der Waals surface area contributed by atoms with Crippen molar-refractivity contribution < 1.29 is 0 Å². The predicted molar refractivity (Wildman–Crippen MR) is 430 cm³/mol. The molecule has 10 aromatic rings. The molecule has 0 fully saturated rings. The molecule has 99 heavy (non-hydrogen) atoms. The zero-order chi connectivity index (χ0) is 68.0. The molecule has 0 radical (unpaired) electrons. The highest BCUT2D eigenvalue weighted by Gasteiger charge is 2.45. The van der Waals surface area contributed by atoms with Gasteiger partial charge in [-0.1, -0.05) is 378 Å². The molecule has 510 valence electrons. The maximum atomic E-state index is 2.61. The normalized spacial score (nSPS) is 14.0. The topological polar surface area (TPSA) is 0 Å². The first-order chi connectivity index (χ1) is 48.8. The third kappa shape index (κ3) is 14.5. The molecule has 3 aliphatic carbocycles. The molecule has 0 heteroatoms. The minimum Gasteiger partial charge on any atom is -0.0654 e. The van der Waals surface area contributed by atoms with Crippen LogP contribution in [0.25, 0.3) is 100 Å². The van der Waals surface area contributed by atoms with Crippen LogP contribution in [-0.4, -0.2) is 0 Å². The van der Waals surface area contributed by atoms with E-state index >= 15 is 0 Å². The Kier molecular flexibility index (Phi) is 23.0. The van der Waals surface area contributed by atoms with Crippen molar-refractivity contribution in [1.29, 1.82) is 0 Å². The van der Waals surface area contributed by atoms with Crippen LogP contribution in [0, 0.1) is 0 Å². The number of fused-ring (bicyclic) bond motifs is 9. The van der Waals surface area contributed by atoms with Crippen LogP contribution in [-0.2, 0) is 16.2 Å². The molecule has 0 atom stereocenters. The minimum absolute atomic E-state index is 0.0536. The van der Waals surface area contributed by atoms with Crippen molar-refractivity contribution in [2.24, 2.45) is 0 Å². The number of hydrogen-bond donors (Lipinski definition) is 0. The molecule has 0 aliphatic heterocycles. The van der Waals surface area contributed by atoms with E-state index in [0.29, 0.717) is 0 Å². The quantitative estimate of drug-likeness (QED) is 0.0343. The van der Waals surface area contributed by atoms with E-state index in [0.717, 1.165) is 0 Å². The second kappa shape index (κ2) is 32.7. The average Bonchev–Trinajstić information content (AvgIpc) is 1.60. The summed E-state index contributed by atoms with van der Waals surface area (Å²) >= 11 is 0. The van der Waals surface area contributed by atoms with E-state index in [4.69, 9.17) is 0 Å². The predicted octanol–water partition coefficient (Wildman–Crippen LogP) is 30.3. The molecule has 0 bridgehead atoms. The highest BCUT2D eigenvalue weighted by atomic mass is 14.5. The van der Waals surface area contributed by atoms with Gasteiger partial charge >= 0.3 is 0 Å². The summed E-state index contributed by atoms with van der Waals surface area (Å²) in [5.41, 5.74) is 33.5. The van der Waals surface area contributed by atoms with Gasteiger partial charge in [0.15, 0.2) is 0 Å². The Balaban J connectivity index is 0.859. The van der Waals surface area contributed by atoms with Crippen LogP contribution in [0.2, 0.25) is 0 Å². The molecule has 0 spiro atoms. The molecule has 0 aromatic heterocycles. The second-order valence-electron chi connectivity index (χ2n) is 30.6. The molecule has 3 aliphatic rings. The third-order valence-electron chi connectivity index (χ3n) is 24.1. The lowest BCUT2D eigenvalue weighted by atomic mass is 9.70. The van der Waals surface area contributed by atoms with E-state index in [1.165, 1.54) is 293 Å². The summed E-state index contributed by atoms with van der Waals surface area (Å²) in [4.78, 5) is 0. The molecule has 0 nitrogen and oxygen atoms in total. The Bertz CT molecular complexity index is 3790. The summed E-state index contributed by atoms with van der Waals surface area (Å²) < 4.78 is 0. The van der Waals surface area contributed by atoms with Crippen molar-refractivity contribution >= 4 is 0 Å². The number of rotatable bonds is 36. The average molecular weight is 1300 g/mol. The molecule has 13 rings (SSSR count). The third-order valence-corrected chi connectivity index (χ3v) is 24.1. The van der Waals surface area contributed by atoms with Crippen LogP contribution in [0.3, 0.4) is 0 Å². The standard InChI is InChI=1S/C99H114/c1-7-13-19-31-61-97(62-32-20-14-8-2)91-40-28-25-37-85(91)88-58-55-79(70-94(88)97)73-43-49-76(50-44-73)82-67-83(77-51-45-74(46-52-77)80-56-59-89-86-38-26-29-41-92(86)98(95(89)71-80,63-33-21-15-9-3)64-34-22-16-10-4)69-84(68-82)78-53-47-75(48-54-78)81-57-60-90-87-39-27-30-42-93(87)99(96(90)72-81,65-35-23-17-11-5)66-36-24-18-12-6/h25-30,37-60,67-72H,7-24,31-36,61-66H2,1-6H3. The Morgan fingerprint density at radius 1 is 0.162 bits per heavy atom. The SMILES string of the molecule is CCCCCCC1(CCCCCC)c2ccccc2-c2ccc(-c3ccc(-c4cc(-c5ccc(-c6ccc7c(c6)C(CCCCCC)(CCCCCC)c6ccccc6-7)cc5)cc(-c5ccc(-c6ccc7c(c6)C(CCCCCC)(CCCCCC)c6ccccc6-7)cc5)c4)cc3)cc21. The maximum Gasteiger partial charge on any atom is 0.0215 e. The fourth-order valence-corrected chi connectivity index (χ4v) is 18.7. The van der Waals surface area contributed by atoms with Gasteiger partial charge < -0.3 is 0 Å². The van der Waals surface area contributed by atoms with E-state index in [1.54, 1.807) is 33.4 Å². The lowest BCUT2D eigenvalue weighted by Crippen LogP contribution is -2.25. The molecular weight excluding hydrogens is 1190 g/mol. The van der Waals surface area contributed by atoms with E-state index in [9.17, 15) is 0 Å². The molecular formula is C99H114. The lowest BCUT2D eigenvalue weighted by Gasteiger charge is -2.33. The van der Waals surface area contributed by atoms with Crippen molar-refractivity contribution in [3.8, 4) is 100 Å². The molecule has 0 amide bonds. The number of hydrogen-bond acceptors (Lipinski definition) is 0. The molecule has 0 saturated carbocycles. The highest BCUT2D eigenvalue weighted by Crippen LogP contribution is 2.58. The highest BCUT2D eigenvalue weighted by molar-refractivity contribution is 5.89. The van der Waals surface area contributed by atoms with Crippen LogP contribution in [0.15, 0.2) is 218 Å². The van der Waals surface area contributed by atoms with E-state index in [-0.39, 0.29) is 16.2 Å². The molecule has 0 saturated heterocycles. The summed E-state index contributed by atoms with van der Waals surface area (Å²) in [6.45, 7) is 14.1. The van der Waals surface area contributed by atoms with Crippen molar-refractivity contribution in [1.82, 2.24) is 0 Å². The summed E-state index contributed by atoms with van der Waals surface area (Å²) in [6.07, 6.45) is 38.3. The molecule has 0 unspecified atom stereocenters. The molecule has 10 aromatic carbocycles. The zero-order valence-electron chi connectivity index (χ0n) is 61.5. The van der Waals surface area contributed by atoms with E-state index in [1.807, 2.05) is 0 Å². The van der Waals surface area contributed by atoms with Gasteiger partial charge in [0, 0.05) is 16.2 Å². The second-order valence-corrected chi connectivity index (χ2v) is 30.6. The zero-order valence-corrected chi connectivity index (χ0v) is 61.5. The van der Waals surface area contributed by atoms with Crippen molar-refractivity contribution in [3.05, 3.63) is 252 Å². The fourth-order valence-electron chi connectivity index (χ4n) is 18.7. The Morgan fingerprint density at radius 2 is 0.354 bits per heavy atom.